The average molecular weight is 196 g/mol. The molecule has 2 fully saturated rings. The van der Waals surface area contributed by atoms with Crippen LogP contribution in [0.1, 0.15) is 39.5 Å². The smallest absolute Gasteiger partial charge is 0.0230 e. The molecule has 0 bridgehead atoms. The Balaban J connectivity index is 1.85. The summed E-state index contributed by atoms with van der Waals surface area (Å²) in [6.45, 7) is 8.31. The molecule has 2 aliphatic rings. The van der Waals surface area contributed by atoms with Gasteiger partial charge in [-0.15, -0.1) is 0 Å². The van der Waals surface area contributed by atoms with E-state index in [1.807, 2.05) is 0 Å². The van der Waals surface area contributed by atoms with Crippen LogP contribution >= 0.6 is 0 Å². The summed E-state index contributed by atoms with van der Waals surface area (Å²) in [7, 11) is 0. The molecule has 0 radical (unpaired) electrons. The van der Waals surface area contributed by atoms with Gasteiger partial charge in [-0.25, -0.2) is 0 Å². The van der Waals surface area contributed by atoms with E-state index in [0.717, 1.165) is 12.5 Å². The summed E-state index contributed by atoms with van der Waals surface area (Å²) in [5.74, 6) is 0.914. The van der Waals surface area contributed by atoms with Crippen LogP contribution in [0.4, 0.5) is 0 Å². The topological polar surface area (TPSA) is 29.3 Å². The first-order valence-corrected chi connectivity index (χ1v) is 6.07. The maximum atomic E-state index is 5.72. The van der Waals surface area contributed by atoms with Crippen LogP contribution in [0.5, 0.6) is 0 Å². The normalized spacial score (nSPS) is 37.1. The van der Waals surface area contributed by atoms with Crippen LogP contribution in [0.3, 0.4) is 0 Å². The summed E-state index contributed by atoms with van der Waals surface area (Å²) < 4.78 is 0. The van der Waals surface area contributed by atoms with Crippen molar-refractivity contribution in [3.8, 4) is 0 Å². The van der Waals surface area contributed by atoms with Crippen molar-refractivity contribution in [2.45, 2.75) is 45.6 Å². The van der Waals surface area contributed by atoms with Crippen molar-refractivity contribution in [1.29, 1.82) is 0 Å². The van der Waals surface area contributed by atoms with Crippen molar-refractivity contribution in [2.24, 2.45) is 17.1 Å². The molecule has 82 valence electrons. The number of nitrogens with zero attached hydrogens (tertiary/aromatic N) is 1. The van der Waals surface area contributed by atoms with E-state index in [1.54, 1.807) is 0 Å². The van der Waals surface area contributed by atoms with Gasteiger partial charge in [-0.2, -0.15) is 0 Å². The van der Waals surface area contributed by atoms with Gasteiger partial charge in [0.05, 0.1) is 0 Å². The third-order valence-electron chi connectivity index (χ3n) is 4.47. The Kier molecular flexibility index (Phi) is 2.85. The minimum atomic E-state index is 0.578. The molecule has 0 aromatic rings. The van der Waals surface area contributed by atoms with Crippen LogP contribution in [0.15, 0.2) is 0 Å². The predicted molar refractivity (Wildman–Crippen MR) is 60.2 cm³/mol. The highest BCUT2D eigenvalue weighted by Gasteiger charge is 2.38. The fourth-order valence-electron chi connectivity index (χ4n) is 3.02. The molecule has 1 saturated carbocycles. The van der Waals surface area contributed by atoms with Gasteiger partial charge in [0.2, 0.25) is 0 Å². The lowest BCUT2D eigenvalue weighted by Gasteiger charge is -2.44. The van der Waals surface area contributed by atoms with Gasteiger partial charge in [0.15, 0.2) is 0 Å². The molecular formula is C12H24N2. The van der Waals surface area contributed by atoms with Crippen molar-refractivity contribution >= 4 is 0 Å². The average Bonchev–Trinajstić information content (AvgIpc) is 2.40. The zero-order chi connectivity index (χ0) is 10.2. The quantitative estimate of drug-likeness (QED) is 0.746. The summed E-state index contributed by atoms with van der Waals surface area (Å²) in [5.41, 5.74) is 6.30. The first-order valence-electron chi connectivity index (χ1n) is 6.07. The number of hydrogen-bond donors (Lipinski definition) is 1. The molecule has 0 aromatic carbocycles. The van der Waals surface area contributed by atoms with E-state index >= 15 is 0 Å². The molecule has 1 heterocycles. The van der Waals surface area contributed by atoms with Gasteiger partial charge < -0.3 is 5.73 Å². The van der Waals surface area contributed by atoms with Crippen LogP contribution in [-0.4, -0.2) is 30.6 Å². The zero-order valence-electron chi connectivity index (χ0n) is 9.63. The van der Waals surface area contributed by atoms with Crippen LogP contribution in [0, 0.1) is 11.3 Å². The van der Waals surface area contributed by atoms with Crippen molar-refractivity contribution in [3.05, 3.63) is 0 Å². The SMILES string of the molecule is CC1(C)CCCC1CN1CCC1CN. The summed E-state index contributed by atoms with van der Waals surface area (Å²) in [6, 6.07) is 0.700. The number of rotatable bonds is 3. The molecule has 2 atom stereocenters. The molecule has 1 saturated heterocycles. The largest absolute Gasteiger partial charge is 0.329 e. The van der Waals surface area contributed by atoms with E-state index in [1.165, 1.54) is 38.8 Å². The molecule has 2 rings (SSSR count). The van der Waals surface area contributed by atoms with Crippen molar-refractivity contribution in [3.63, 3.8) is 0 Å². The minimum absolute atomic E-state index is 0.578. The van der Waals surface area contributed by atoms with Gasteiger partial charge in [-0.1, -0.05) is 20.3 Å². The van der Waals surface area contributed by atoms with Crippen molar-refractivity contribution < 1.29 is 0 Å². The molecule has 0 spiro atoms. The fraction of sp³-hybridized carbons (Fsp3) is 1.00. The van der Waals surface area contributed by atoms with Gasteiger partial charge in [0, 0.05) is 25.7 Å². The fourth-order valence-corrected chi connectivity index (χ4v) is 3.02. The molecule has 14 heavy (non-hydrogen) atoms. The van der Waals surface area contributed by atoms with Crippen molar-refractivity contribution in [1.82, 2.24) is 4.90 Å². The molecule has 0 amide bonds. The monoisotopic (exact) mass is 196 g/mol. The Morgan fingerprint density at radius 3 is 2.57 bits per heavy atom. The lowest BCUT2D eigenvalue weighted by atomic mass is 9.81. The zero-order valence-corrected chi connectivity index (χ0v) is 9.63. The Labute approximate surface area is 87.8 Å². The molecule has 2 heteroatoms. The summed E-state index contributed by atoms with van der Waals surface area (Å²) >= 11 is 0. The molecular weight excluding hydrogens is 172 g/mol. The summed E-state index contributed by atoms with van der Waals surface area (Å²) in [6.07, 6.45) is 5.60. The van der Waals surface area contributed by atoms with Gasteiger partial charge in [-0.3, -0.25) is 4.90 Å². The second-order valence-corrected chi connectivity index (χ2v) is 5.75. The Morgan fingerprint density at radius 1 is 1.36 bits per heavy atom. The van der Waals surface area contributed by atoms with Gasteiger partial charge in [-0.05, 0) is 30.6 Å². The van der Waals surface area contributed by atoms with E-state index in [0.29, 0.717) is 11.5 Å². The molecule has 2 unspecified atom stereocenters. The number of hydrogen-bond acceptors (Lipinski definition) is 2. The maximum absolute atomic E-state index is 5.72. The standard InChI is InChI=1S/C12H24N2/c1-12(2)6-3-4-10(12)9-14-7-5-11(14)8-13/h10-11H,3-9,13H2,1-2H3. The van der Waals surface area contributed by atoms with Crippen LogP contribution in [0.25, 0.3) is 0 Å². The summed E-state index contributed by atoms with van der Waals surface area (Å²) in [4.78, 5) is 2.59. The second-order valence-electron chi connectivity index (χ2n) is 5.75. The lowest BCUT2D eigenvalue weighted by molar-refractivity contribution is 0.0544. The highest BCUT2D eigenvalue weighted by Crippen LogP contribution is 2.43. The Bertz CT molecular complexity index is 198. The van der Waals surface area contributed by atoms with E-state index < -0.39 is 0 Å². The summed E-state index contributed by atoms with van der Waals surface area (Å²) in [5, 5.41) is 0. The lowest BCUT2D eigenvalue weighted by Crippen LogP contribution is -2.53. The van der Waals surface area contributed by atoms with Crippen LogP contribution in [0.2, 0.25) is 0 Å². The van der Waals surface area contributed by atoms with Gasteiger partial charge >= 0.3 is 0 Å². The minimum Gasteiger partial charge on any atom is -0.329 e. The van der Waals surface area contributed by atoms with E-state index in [9.17, 15) is 0 Å². The number of nitrogens with two attached hydrogens (primary N) is 1. The first kappa shape index (κ1) is 10.4. The predicted octanol–water partition coefficient (Wildman–Crippen LogP) is 1.85. The Hall–Kier alpha value is -0.0800. The molecule has 0 aromatic heterocycles. The van der Waals surface area contributed by atoms with Crippen LogP contribution in [-0.2, 0) is 0 Å². The third kappa shape index (κ3) is 1.82. The Morgan fingerprint density at radius 2 is 2.14 bits per heavy atom. The molecule has 1 aliphatic carbocycles. The second kappa shape index (κ2) is 3.82. The molecule has 2 N–H and O–H groups in total. The van der Waals surface area contributed by atoms with E-state index in [2.05, 4.69) is 18.7 Å². The van der Waals surface area contributed by atoms with E-state index in [-0.39, 0.29) is 0 Å². The van der Waals surface area contributed by atoms with Crippen LogP contribution < -0.4 is 5.73 Å². The molecule has 2 nitrogen and oxygen atoms in total. The van der Waals surface area contributed by atoms with Crippen molar-refractivity contribution in [2.75, 3.05) is 19.6 Å². The van der Waals surface area contributed by atoms with Gasteiger partial charge in [0.1, 0.15) is 0 Å². The maximum Gasteiger partial charge on any atom is 0.0230 e. The van der Waals surface area contributed by atoms with E-state index in [4.69, 9.17) is 5.73 Å². The first-order chi connectivity index (χ1) is 6.63. The molecule has 1 aliphatic heterocycles. The highest BCUT2D eigenvalue weighted by molar-refractivity contribution is 4.91. The number of likely N-dealkylation sites (tertiary alicyclic amines) is 1. The third-order valence-corrected chi connectivity index (χ3v) is 4.47. The van der Waals surface area contributed by atoms with Gasteiger partial charge in [0.25, 0.3) is 0 Å². The highest BCUT2D eigenvalue weighted by atomic mass is 15.2.